The zero-order valence-electron chi connectivity index (χ0n) is 37.9. The van der Waals surface area contributed by atoms with Gasteiger partial charge in [-0.05, 0) is 112 Å². The van der Waals surface area contributed by atoms with E-state index in [0.29, 0.717) is 37.4 Å². The molecule has 8 N–H and O–H groups in total. The Labute approximate surface area is 393 Å². The monoisotopic (exact) mass is 974 g/mol. The maximum atomic E-state index is 13.8. The number of aliphatic imine (C=N–C) groups is 2. The minimum absolute atomic E-state index is 0.00569. The number of hydrogen-bond acceptors (Lipinski definition) is 14. The molecule has 0 aliphatic carbocycles. The largest absolute Gasteiger partial charge is 0.489 e. The molecule has 6 atom stereocenters. The van der Waals surface area contributed by atoms with Gasteiger partial charge in [-0.1, -0.05) is 69.6 Å². The average molecular weight is 976 g/mol. The van der Waals surface area contributed by atoms with Gasteiger partial charge in [-0.2, -0.15) is 0 Å². The first-order valence-corrected chi connectivity index (χ1v) is 22.4. The van der Waals surface area contributed by atoms with E-state index in [0.717, 1.165) is 44.1 Å². The van der Waals surface area contributed by atoms with Gasteiger partial charge in [0.2, 0.25) is 23.4 Å². The first-order valence-electron chi connectivity index (χ1n) is 21.6. The summed E-state index contributed by atoms with van der Waals surface area (Å²) in [6.45, 7) is 8.30. The third-order valence-corrected chi connectivity index (χ3v) is 11.9. The number of ether oxygens (including phenoxy) is 2. The quantitative estimate of drug-likeness (QED) is 0.0760. The fourth-order valence-corrected chi connectivity index (χ4v) is 8.77. The fraction of sp³-hybridized carbons (Fsp3) is 0.375. The second kappa shape index (κ2) is 21.5. The maximum Gasteiger partial charge on any atom is 0.488 e. The smallest absolute Gasteiger partial charge is 0.488 e. The second-order valence-electron chi connectivity index (χ2n) is 17.0. The maximum absolute atomic E-state index is 13.8. The topological polar surface area (TPSA) is 201 Å². The molecule has 4 aliphatic heterocycles. The Morgan fingerprint density at radius 1 is 0.727 bits per heavy atom. The van der Waals surface area contributed by atoms with Gasteiger partial charge in [0.05, 0.1) is 11.1 Å². The number of rotatable bonds is 10. The van der Waals surface area contributed by atoms with Crippen LogP contribution in [-0.2, 0) is 21.1 Å². The number of nitrogens with zero attached hydrogens (tertiary/aromatic N) is 4. The average Bonchev–Trinajstić information content (AvgIpc) is 3.71. The van der Waals surface area contributed by atoms with Gasteiger partial charge in [-0.25, -0.2) is 38.6 Å². The number of aliphatic hydroxyl groups excluding tert-OH is 2. The van der Waals surface area contributed by atoms with Crippen LogP contribution in [0.1, 0.15) is 64.5 Å². The Balaban J connectivity index is 0.000000183. The Morgan fingerprint density at radius 3 is 1.62 bits per heavy atom. The van der Waals surface area contributed by atoms with E-state index in [-0.39, 0.29) is 54.5 Å². The normalized spacial score (nSPS) is 22.2. The van der Waals surface area contributed by atoms with E-state index in [2.05, 4.69) is 38.1 Å². The number of benzene rings is 4. The van der Waals surface area contributed by atoms with Crippen molar-refractivity contribution in [3.8, 4) is 22.6 Å². The van der Waals surface area contributed by atoms with Crippen molar-refractivity contribution >= 4 is 40.4 Å². The zero-order chi connectivity index (χ0) is 47.9. The molecule has 6 unspecified atom stereocenters. The van der Waals surface area contributed by atoms with E-state index in [1.807, 2.05) is 70.2 Å². The van der Waals surface area contributed by atoms with Crippen LogP contribution in [0.25, 0.3) is 11.1 Å². The van der Waals surface area contributed by atoms with Gasteiger partial charge in [0, 0.05) is 56.5 Å². The standard InChI is InChI=1S/C24H28FN3O3.C18H24BrN3O3.C6H6BFO2/c1-15(2)11-18(9-10-29)22-14-24(27-23(26)28(3)31-24)20-13-17(7-8-21(20)30-22)16-5-4-6-19(25)12-16;1-11(2)8-12(6-7-23)16-10-18(21-17(20)22(3)25-18)14-9-13(19)4-5-15(14)24-16;8-6-3-1-2-5(4-6)7(9)10/h4-8,11-13,18,22,29H,9-10,14H2,1-3H3,(H2,26,27);4-5,8-9,12,16,23H,6-7,10H2,1-3H3,(H2,20,21);1-4,9-10H. The molecule has 14 nitrogen and oxygen atoms in total. The molecular formula is C48H58BBrF2N6O8. The second-order valence-corrected chi connectivity index (χ2v) is 18.0. The third kappa shape index (κ3) is 11.8. The van der Waals surface area contributed by atoms with Crippen LogP contribution in [0.2, 0.25) is 0 Å². The molecule has 0 radical (unpaired) electrons. The molecule has 352 valence electrons. The van der Waals surface area contributed by atoms with Gasteiger partial charge < -0.3 is 41.2 Å². The fourth-order valence-electron chi connectivity index (χ4n) is 8.41. The number of fused-ring (bicyclic) bond motifs is 4. The highest BCUT2D eigenvalue weighted by Crippen LogP contribution is 2.50. The first kappa shape index (κ1) is 50.1. The minimum atomic E-state index is -1.59. The van der Waals surface area contributed by atoms with Crippen molar-refractivity contribution in [1.82, 2.24) is 10.1 Å². The molecule has 4 heterocycles. The molecule has 0 saturated heterocycles. The lowest BCUT2D eigenvalue weighted by Gasteiger charge is -2.39. The molecule has 0 bridgehead atoms. The van der Waals surface area contributed by atoms with E-state index >= 15 is 0 Å². The number of allylic oxidation sites excluding steroid dienone is 2. The van der Waals surface area contributed by atoms with Gasteiger partial charge in [-0.3, -0.25) is 0 Å². The number of halogens is 3. The van der Waals surface area contributed by atoms with Gasteiger partial charge in [0.15, 0.2) is 0 Å². The lowest BCUT2D eigenvalue weighted by Crippen LogP contribution is -2.42. The molecule has 4 aliphatic rings. The molecule has 0 saturated carbocycles. The predicted molar refractivity (Wildman–Crippen MR) is 254 cm³/mol. The SMILES string of the molecule is CC(C)=CC(CCO)C1CC2(N=C(N)N(C)O2)c2cc(-c3cccc(F)c3)ccc2O1.CC(C)=CC(CCO)C1CC2(N=C(N)N(C)O2)c2cc(Br)ccc2O1.OB(O)c1cccc(F)c1. The summed E-state index contributed by atoms with van der Waals surface area (Å²) in [4.78, 5) is 21.6. The minimum Gasteiger partial charge on any atom is -0.489 e. The molecule has 0 aromatic heterocycles. The summed E-state index contributed by atoms with van der Waals surface area (Å²) in [6.07, 6.45) is 5.99. The van der Waals surface area contributed by atoms with E-state index in [4.69, 9.17) is 40.7 Å². The molecule has 18 heteroatoms. The highest BCUT2D eigenvalue weighted by Gasteiger charge is 2.51. The van der Waals surface area contributed by atoms with Crippen molar-refractivity contribution in [2.24, 2.45) is 33.3 Å². The van der Waals surface area contributed by atoms with Crippen molar-refractivity contribution in [2.75, 3.05) is 27.3 Å². The van der Waals surface area contributed by atoms with Crippen molar-refractivity contribution in [1.29, 1.82) is 0 Å². The first-order chi connectivity index (χ1) is 31.3. The van der Waals surface area contributed by atoms with E-state index in [1.165, 1.54) is 46.0 Å². The summed E-state index contributed by atoms with van der Waals surface area (Å²) < 4.78 is 39.7. The number of nitrogens with two attached hydrogens (primary N) is 2. The number of hydrogen-bond donors (Lipinski definition) is 6. The van der Waals surface area contributed by atoms with E-state index in [1.54, 1.807) is 20.2 Å². The van der Waals surface area contributed by atoms with Crippen LogP contribution in [0, 0.1) is 23.5 Å². The van der Waals surface area contributed by atoms with Crippen LogP contribution >= 0.6 is 15.9 Å². The van der Waals surface area contributed by atoms with Crippen molar-refractivity contribution < 1.29 is 48.2 Å². The van der Waals surface area contributed by atoms with Crippen LogP contribution in [0.4, 0.5) is 8.78 Å². The Kier molecular flexibility index (Phi) is 16.3. The number of guanidine groups is 2. The van der Waals surface area contributed by atoms with Crippen LogP contribution in [0.15, 0.2) is 123 Å². The van der Waals surface area contributed by atoms with Crippen molar-refractivity contribution in [2.45, 2.75) is 77.0 Å². The van der Waals surface area contributed by atoms with Gasteiger partial charge in [0.1, 0.15) is 35.3 Å². The van der Waals surface area contributed by atoms with Crippen LogP contribution in [0.3, 0.4) is 0 Å². The van der Waals surface area contributed by atoms with E-state index < -0.39 is 24.4 Å². The summed E-state index contributed by atoms with van der Waals surface area (Å²) in [5, 5.41) is 39.1. The highest BCUT2D eigenvalue weighted by molar-refractivity contribution is 9.10. The summed E-state index contributed by atoms with van der Waals surface area (Å²) >= 11 is 3.51. The molecule has 4 aromatic carbocycles. The summed E-state index contributed by atoms with van der Waals surface area (Å²) in [7, 11) is 1.88. The van der Waals surface area contributed by atoms with Crippen molar-refractivity contribution in [3.05, 3.63) is 135 Å². The summed E-state index contributed by atoms with van der Waals surface area (Å²) in [5.41, 5.74) is 15.8. The third-order valence-electron chi connectivity index (χ3n) is 11.4. The Hall–Kier alpha value is -5.34. The molecule has 0 amide bonds. The highest BCUT2D eigenvalue weighted by atomic mass is 79.9. The molecule has 8 rings (SSSR count). The summed E-state index contributed by atoms with van der Waals surface area (Å²) in [6, 6.07) is 23.1. The number of hydroxylamine groups is 4. The van der Waals surface area contributed by atoms with Gasteiger partial charge >= 0.3 is 7.12 Å². The lowest BCUT2D eigenvalue weighted by atomic mass is 9.80. The lowest BCUT2D eigenvalue weighted by molar-refractivity contribution is -0.193. The molecule has 0 fully saturated rings. The van der Waals surface area contributed by atoms with Crippen LogP contribution < -0.4 is 26.4 Å². The van der Waals surface area contributed by atoms with Crippen LogP contribution in [-0.4, -0.2) is 88.9 Å². The zero-order valence-corrected chi connectivity index (χ0v) is 39.5. The van der Waals surface area contributed by atoms with Gasteiger partial charge in [-0.15, -0.1) is 0 Å². The van der Waals surface area contributed by atoms with Crippen LogP contribution in [0.5, 0.6) is 11.5 Å². The summed E-state index contributed by atoms with van der Waals surface area (Å²) in [5.74, 6) is 1.30. The Morgan fingerprint density at radius 2 is 1.20 bits per heavy atom. The predicted octanol–water partition coefficient (Wildman–Crippen LogP) is 6.37. The molecule has 66 heavy (non-hydrogen) atoms. The molecular weight excluding hydrogens is 917 g/mol. The molecule has 2 spiro atoms. The number of aliphatic hydroxyl groups is 2. The van der Waals surface area contributed by atoms with Crippen molar-refractivity contribution in [3.63, 3.8) is 0 Å². The molecule has 4 aromatic rings. The van der Waals surface area contributed by atoms with E-state index in [9.17, 15) is 19.0 Å². The Bertz CT molecular complexity index is 2470. The van der Waals surface area contributed by atoms with Gasteiger partial charge in [0.25, 0.3) is 0 Å².